The molecular formula is C20H19N3O4. The summed E-state index contributed by atoms with van der Waals surface area (Å²) in [5.74, 6) is 1.36. The second-order valence-corrected chi connectivity index (χ2v) is 6.47. The van der Waals surface area contributed by atoms with Crippen LogP contribution in [0.25, 0.3) is 11.0 Å². The van der Waals surface area contributed by atoms with Crippen molar-refractivity contribution >= 4 is 16.9 Å². The molecule has 0 bridgehead atoms. The van der Waals surface area contributed by atoms with Gasteiger partial charge in [-0.05, 0) is 29.8 Å². The molecule has 0 unspecified atom stereocenters. The van der Waals surface area contributed by atoms with Gasteiger partial charge in [0, 0.05) is 26.4 Å². The van der Waals surface area contributed by atoms with E-state index in [9.17, 15) is 9.59 Å². The summed E-state index contributed by atoms with van der Waals surface area (Å²) in [5.41, 5.74) is 2.49. The molecular weight excluding hydrogens is 346 g/mol. The summed E-state index contributed by atoms with van der Waals surface area (Å²) >= 11 is 0. The Balaban J connectivity index is 1.40. The molecule has 3 aromatic rings. The maximum absolute atomic E-state index is 12.5. The third-order valence-electron chi connectivity index (χ3n) is 4.53. The van der Waals surface area contributed by atoms with Gasteiger partial charge >= 0.3 is 0 Å². The first-order chi connectivity index (χ1) is 13.1. The largest absolute Gasteiger partial charge is 0.454 e. The molecule has 1 aliphatic heterocycles. The summed E-state index contributed by atoms with van der Waals surface area (Å²) in [6.07, 6.45) is 0.514. The van der Waals surface area contributed by atoms with Crippen molar-refractivity contribution in [3.8, 4) is 11.5 Å². The van der Waals surface area contributed by atoms with Crippen molar-refractivity contribution in [1.82, 2.24) is 14.9 Å². The fourth-order valence-electron chi connectivity index (χ4n) is 3.05. The van der Waals surface area contributed by atoms with Gasteiger partial charge in [0.05, 0.1) is 11.0 Å². The van der Waals surface area contributed by atoms with Crippen LogP contribution in [0.4, 0.5) is 0 Å². The van der Waals surface area contributed by atoms with Crippen LogP contribution in [0, 0.1) is 0 Å². The molecule has 7 heteroatoms. The zero-order chi connectivity index (χ0) is 18.8. The highest BCUT2D eigenvalue weighted by atomic mass is 16.7. The second-order valence-electron chi connectivity index (χ2n) is 6.47. The van der Waals surface area contributed by atoms with Crippen LogP contribution < -0.4 is 15.0 Å². The predicted octanol–water partition coefficient (Wildman–Crippen LogP) is 2.24. The second kappa shape index (κ2) is 7.11. The van der Waals surface area contributed by atoms with Gasteiger partial charge in [-0.25, -0.2) is 4.98 Å². The first-order valence-corrected chi connectivity index (χ1v) is 8.70. The number of fused-ring (bicyclic) bond motifs is 2. The van der Waals surface area contributed by atoms with Crippen LogP contribution in [0.2, 0.25) is 0 Å². The van der Waals surface area contributed by atoms with Gasteiger partial charge < -0.3 is 19.4 Å². The van der Waals surface area contributed by atoms with Crippen LogP contribution in [0.5, 0.6) is 11.5 Å². The molecule has 0 radical (unpaired) electrons. The zero-order valence-electron chi connectivity index (χ0n) is 14.9. The van der Waals surface area contributed by atoms with Gasteiger partial charge in [0.2, 0.25) is 12.7 Å². The Labute approximate surface area is 155 Å². The van der Waals surface area contributed by atoms with E-state index in [4.69, 9.17) is 9.47 Å². The summed E-state index contributed by atoms with van der Waals surface area (Å²) in [7, 11) is 1.74. The molecule has 7 nitrogen and oxygen atoms in total. The van der Waals surface area contributed by atoms with Crippen LogP contribution >= 0.6 is 0 Å². The molecule has 1 N–H and O–H groups in total. The molecule has 27 heavy (non-hydrogen) atoms. The fourth-order valence-corrected chi connectivity index (χ4v) is 3.05. The number of aromatic amines is 1. The molecule has 2 heterocycles. The van der Waals surface area contributed by atoms with E-state index in [2.05, 4.69) is 9.97 Å². The Morgan fingerprint density at radius 2 is 2.00 bits per heavy atom. The van der Waals surface area contributed by atoms with Gasteiger partial charge in [-0.15, -0.1) is 0 Å². The highest BCUT2D eigenvalue weighted by molar-refractivity contribution is 5.76. The van der Waals surface area contributed by atoms with E-state index in [-0.39, 0.29) is 24.7 Å². The Hall–Kier alpha value is -3.35. The third kappa shape index (κ3) is 3.62. The number of ether oxygens (including phenoxy) is 2. The van der Waals surface area contributed by atoms with Crippen LogP contribution in [0.15, 0.2) is 47.3 Å². The Kier molecular flexibility index (Phi) is 4.50. The highest BCUT2D eigenvalue weighted by Crippen LogP contribution is 2.32. The molecule has 1 aromatic heterocycles. The number of aromatic nitrogens is 2. The number of H-pyrrole nitrogens is 1. The number of carbonyl (C=O) groups excluding carboxylic acids is 1. The van der Waals surface area contributed by atoms with E-state index >= 15 is 0 Å². The molecule has 2 aromatic carbocycles. The molecule has 0 fully saturated rings. The van der Waals surface area contributed by atoms with E-state index in [1.807, 2.05) is 36.4 Å². The van der Waals surface area contributed by atoms with E-state index in [1.54, 1.807) is 18.0 Å². The summed E-state index contributed by atoms with van der Waals surface area (Å²) in [5, 5.41) is 0. The summed E-state index contributed by atoms with van der Waals surface area (Å²) in [4.78, 5) is 33.4. The standard InChI is InChI=1S/C20H19N3O4/c1-23(11-13-6-8-17-18(10-13)27-12-26-17)19(24)9-7-16-20(25)22-15-5-3-2-4-14(15)21-16/h2-6,8,10H,7,9,11-12H2,1H3,(H,22,25). The summed E-state index contributed by atoms with van der Waals surface area (Å²) < 4.78 is 10.7. The van der Waals surface area contributed by atoms with E-state index < -0.39 is 0 Å². The van der Waals surface area contributed by atoms with Crippen molar-refractivity contribution in [3.63, 3.8) is 0 Å². The smallest absolute Gasteiger partial charge is 0.270 e. The van der Waals surface area contributed by atoms with Crippen LogP contribution in [0.1, 0.15) is 17.7 Å². The number of nitrogens with zero attached hydrogens (tertiary/aromatic N) is 2. The van der Waals surface area contributed by atoms with Crippen LogP contribution in [0.3, 0.4) is 0 Å². The molecule has 0 spiro atoms. The number of amides is 1. The number of carbonyl (C=O) groups is 1. The molecule has 1 amide bonds. The molecule has 0 saturated carbocycles. The minimum atomic E-state index is -0.250. The summed E-state index contributed by atoms with van der Waals surface area (Å²) in [6, 6.07) is 13.0. The lowest BCUT2D eigenvalue weighted by Gasteiger charge is -2.17. The first-order valence-electron chi connectivity index (χ1n) is 8.70. The average Bonchev–Trinajstić information content (AvgIpc) is 3.13. The Morgan fingerprint density at radius 1 is 1.19 bits per heavy atom. The van der Waals surface area contributed by atoms with E-state index in [0.717, 1.165) is 5.56 Å². The number of nitrogens with one attached hydrogen (secondary N) is 1. The number of aryl methyl sites for hydroxylation is 1. The molecule has 138 valence electrons. The minimum Gasteiger partial charge on any atom is -0.454 e. The first kappa shape index (κ1) is 17.1. The zero-order valence-corrected chi connectivity index (χ0v) is 14.9. The SMILES string of the molecule is CN(Cc1ccc2c(c1)OCO2)C(=O)CCc1nc2ccccc2[nH]c1=O. The Morgan fingerprint density at radius 3 is 2.89 bits per heavy atom. The Bertz CT molecular complexity index is 1060. The minimum absolute atomic E-state index is 0.0537. The topological polar surface area (TPSA) is 84.5 Å². The predicted molar refractivity (Wildman–Crippen MR) is 99.7 cm³/mol. The maximum Gasteiger partial charge on any atom is 0.270 e. The van der Waals surface area contributed by atoms with Gasteiger partial charge in [0.1, 0.15) is 5.69 Å². The highest BCUT2D eigenvalue weighted by Gasteiger charge is 2.16. The number of hydrogen-bond acceptors (Lipinski definition) is 5. The van der Waals surface area contributed by atoms with Crippen molar-refractivity contribution in [1.29, 1.82) is 0 Å². The normalized spacial score (nSPS) is 12.3. The van der Waals surface area contributed by atoms with Gasteiger partial charge in [0.15, 0.2) is 11.5 Å². The monoisotopic (exact) mass is 365 g/mol. The van der Waals surface area contributed by atoms with Crippen LogP contribution in [-0.2, 0) is 17.8 Å². The lowest BCUT2D eigenvalue weighted by atomic mass is 10.1. The molecule has 0 aliphatic carbocycles. The molecule has 1 aliphatic rings. The van der Waals surface area contributed by atoms with Gasteiger partial charge in [-0.3, -0.25) is 9.59 Å². The van der Waals surface area contributed by atoms with E-state index in [1.165, 1.54) is 0 Å². The molecule has 0 saturated heterocycles. The third-order valence-corrected chi connectivity index (χ3v) is 4.53. The van der Waals surface area contributed by atoms with Crippen molar-refractivity contribution in [2.75, 3.05) is 13.8 Å². The lowest BCUT2D eigenvalue weighted by Crippen LogP contribution is -2.27. The lowest BCUT2D eigenvalue weighted by molar-refractivity contribution is -0.130. The average molecular weight is 365 g/mol. The van der Waals surface area contributed by atoms with Gasteiger partial charge in [-0.2, -0.15) is 0 Å². The van der Waals surface area contributed by atoms with Crippen LogP contribution in [-0.4, -0.2) is 34.6 Å². The van der Waals surface area contributed by atoms with Gasteiger partial charge in [0.25, 0.3) is 5.56 Å². The number of para-hydroxylation sites is 2. The van der Waals surface area contributed by atoms with Crippen molar-refractivity contribution in [3.05, 3.63) is 64.1 Å². The molecule has 4 rings (SSSR count). The van der Waals surface area contributed by atoms with Crippen molar-refractivity contribution in [2.24, 2.45) is 0 Å². The maximum atomic E-state index is 12.5. The van der Waals surface area contributed by atoms with Gasteiger partial charge in [-0.1, -0.05) is 18.2 Å². The number of hydrogen-bond donors (Lipinski definition) is 1. The van der Waals surface area contributed by atoms with E-state index in [0.29, 0.717) is 41.2 Å². The summed E-state index contributed by atoms with van der Waals surface area (Å²) in [6.45, 7) is 0.678. The fraction of sp³-hybridized carbons (Fsp3) is 0.250. The number of benzene rings is 2. The molecule has 0 atom stereocenters. The van der Waals surface area contributed by atoms with Crippen molar-refractivity contribution < 1.29 is 14.3 Å². The quantitative estimate of drug-likeness (QED) is 0.750. The number of rotatable bonds is 5. The van der Waals surface area contributed by atoms with Crippen molar-refractivity contribution in [2.45, 2.75) is 19.4 Å².